The van der Waals surface area contributed by atoms with Crippen LogP contribution in [0.1, 0.15) is 46.1 Å². The summed E-state index contributed by atoms with van der Waals surface area (Å²) >= 11 is 0. The second kappa shape index (κ2) is 6.49. The van der Waals surface area contributed by atoms with Gasteiger partial charge in [0.2, 0.25) is 0 Å². The van der Waals surface area contributed by atoms with Gasteiger partial charge in [-0.25, -0.2) is 13.1 Å². The molecule has 7 heteroatoms. The lowest BCUT2D eigenvalue weighted by atomic mass is 10.0. The molecule has 0 aromatic carbocycles. The molecule has 1 aromatic rings. The molecule has 0 atom stereocenters. The Hall–Kier alpha value is -0.920. The molecule has 0 fully saturated rings. The van der Waals surface area contributed by atoms with E-state index in [-0.39, 0.29) is 5.03 Å². The summed E-state index contributed by atoms with van der Waals surface area (Å²) in [5.41, 5.74) is 0.186. The highest BCUT2D eigenvalue weighted by molar-refractivity contribution is 7.89. The zero-order valence-corrected chi connectivity index (χ0v) is 12.9. The summed E-state index contributed by atoms with van der Waals surface area (Å²) in [5, 5.41) is 9.74. The third-order valence-corrected chi connectivity index (χ3v) is 4.70. The maximum Gasteiger partial charge on any atom is 0.258 e. The SMILES string of the molecule is CCCNCc1cn[nH]c1S(=O)(=O)NC(C)(C)CC. The van der Waals surface area contributed by atoms with Gasteiger partial charge in [-0.05, 0) is 33.2 Å². The third kappa shape index (κ3) is 4.59. The Kier molecular flexibility index (Phi) is 5.51. The van der Waals surface area contributed by atoms with E-state index in [1.807, 2.05) is 20.8 Å². The number of rotatable bonds is 8. The van der Waals surface area contributed by atoms with Gasteiger partial charge < -0.3 is 5.32 Å². The van der Waals surface area contributed by atoms with Gasteiger partial charge in [-0.2, -0.15) is 5.10 Å². The Balaban J connectivity index is 2.87. The van der Waals surface area contributed by atoms with E-state index in [0.717, 1.165) is 13.0 Å². The number of nitrogens with one attached hydrogen (secondary N) is 3. The Bertz CT molecular complexity index is 494. The Labute approximate surface area is 115 Å². The largest absolute Gasteiger partial charge is 0.313 e. The Morgan fingerprint density at radius 2 is 2.05 bits per heavy atom. The van der Waals surface area contributed by atoms with E-state index in [9.17, 15) is 8.42 Å². The Morgan fingerprint density at radius 1 is 1.37 bits per heavy atom. The van der Waals surface area contributed by atoms with Crippen LogP contribution in [0.5, 0.6) is 0 Å². The fourth-order valence-electron chi connectivity index (χ4n) is 1.54. The van der Waals surface area contributed by atoms with Crippen LogP contribution in [-0.4, -0.2) is 30.7 Å². The smallest absolute Gasteiger partial charge is 0.258 e. The van der Waals surface area contributed by atoms with E-state index in [4.69, 9.17) is 0 Å². The second-order valence-electron chi connectivity index (χ2n) is 5.24. The van der Waals surface area contributed by atoms with E-state index in [1.165, 1.54) is 0 Å². The van der Waals surface area contributed by atoms with Gasteiger partial charge in [-0.15, -0.1) is 0 Å². The van der Waals surface area contributed by atoms with Crippen LogP contribution in [0.25, 0.3) is 0 Å². The molecule has 0 aliphatic carbocycles. The lowest BCUT2D eigenvalue weighted by Gasteiger charge is -2.23. The average molecular weight is 288 g/mol. The number of H-pyrrole nitrogens is 1. The first kappa shape index (κ1) is 16.1. The predicted octanol–water partition coefficient (Wildman–Crippen LogP) is 1.38. The molecule has 0 aliphatic rings. The highest BCUT2D eigenvalue weighted by Crippen LogP contribution is 2.16. The topological polar surface area (TPSA) is 86.9 Å². The van der Waals surface area contributed by atoms with Crippen LogP contribution in [-0.2, 0) is 16.6 Å². The highest BCUT2D eigenvalue weighted by atomic mass is 32.2. The van der Waals surface area contributed by atoms with Crippen LogP contribution in [0.2, 0.25) is 0 Å². The van der Waals surface area contributed by atoms with E-state index in [1.54, 1.807) is 6.20 Å². The standard InChI is InChI=1S/C12H24N4O2S/c1-5-7-13-8-10-9-14-15-11(10)19(17,18)16-12(3,4)6-2/h9,13,16H,5-8H2,1-4H3,(H,14,15). The zero-order chi connectivity index (χ0) is 14.5. The molecular formula is C12H24N4O2S. The summed E-state index contributed by atoms with van der Waals surface area (Å²) in [5.74, 6) is 0. The molecule has 0 saturated carbocycles. The second-order valence-corrected chi connectivity index (χ2v) is 6.86. The van der Waals surface area contributed by atoms with Crippen LogP contribution in [0.4, 0.5) is 0 Å². The molecule has 1 rings (SSSR count). The number of sulfonamides is 1. The molecule has 0 unspecified atom stereocenters. The summed E-state index contributed by atoms with van der Waals surface area (Å²) in [4.78, 5) is 0. The third-order valence-electron chi connectivity index (χ3n) is 2.98. The molecule has 6 nitrogen and oxygen atoms in total. The minimum absolute atomic E-state index is 0.151. The lowest BCUT2D eigenvalue weighted by Crippen LogP contribution is -2.43. The van der Waals surface area contributed by atoms with Crippen molar-refractivity contribution in [3.05, 3.63) is 11.8 Å². The molecule has 0 spiro atoms. The number of aromatic amines is 1. The van der Waals surface area contributed by atoms with Gasteiger partial charge in [-0.1, -0.05) is 13.8 Å². The monoisotopic (exact) mass is 288 g/mol. The van der Waals surface area contributed by atoms with E-state index >= 15 is 0 Å². The van der Waals surface area contributed by atoms with E-state index in [2.05, 4.69) is 27.2 Å². The molecule has 19 heavy (non-hydrogen) atoms. The molecular weight excluding hydrogens is 264 g/mol. The van der Waals surface area contributed by atoms with Crippen molar-refractivity contribution in [2.45, 2.75) is 57.6 Å². The summed E-state index contributed by atoms with van der Waals surface area (Å²) in [7, 11) is -3.56. The number of nitrogens with zero attached hydrogens (tertiary/aromatic N) is 1. The quantitative estimate of drug-likeness (QED) is 0.631. The van der Waals surface area contributed by atoms with E-state index < -0.39 is 15.6 Å². The minimum atomic E-state index is -3.56. The van der Waals surface area contributed by atoms with Crippen molar-refractivity contribution in [1.29, 1.82) is 0 Å². The van der Waals surface area contributed by atoms with Gasteiger partial charge in [-0.3, -0.25) is 5.10 Å². The normalized spacial score (nSPS) is 12.8. The van der Waals surface area contributed by atoms with Crippen molar-refractivity contribution >= 4 is 10.0 Å². The van der Waals surface area contributed by atoms with Crippen molar-refractivity contribution in [1.82, 2.24) is 20.2 Å². The summed E-state index contributed by atoms with van der Waals surface area (Å²) in [6.07, 6.45) is 3.26. The van der Waals surface area contributed by atoms with Gasteiger partial charge in [0.05, 0.1) is 6.20 Å². The first-order valence-electron chi connectivity index (χ1n) is 6.59. The van der Waals surface area contributed by atoms with Crippen molar-refractivity contribution in [2.75, 3.05) is 6.54 Å². The first-order valence-corrected chi connectivity index (χ1v) is 8.07. The lowest BCUT2D eigenvalue weighted by molar-refractivity contribution is 0.438. The summed E-state index contributed by atoms with van der Waals surface area (Å²) in [6, 6.07) is 0. The van der Waals surface area contributed by atoms with Gasteiger partial charge in [0.25, 0.3) is 10.0 Å². The van der Waals surface area contributed by atoms with E-state index in [0.29, 0.717) is 18.5 Å². The van der Waals surface area contributed by atoms with Crippen molar-refractivity contribution in [3.63, 3.8) is 0 Å². The summed E-state index contributed by atoms with van der Waals surface area (Å²) < 4.78 is 27.3. The number of aromatic nitrogens is 2. The molecule has 0 radical (unpaired) electrons. The van der Waals surface area contributed by atoms with Crippen LogP contribution in [0, 0.1) is 0 Å². The molecule has 1 aromatic heterocycles. The van der Waals surface area contributed by atoms with Crippen LogP contribution in [0.15, 0.2) is 11.2 Å². The molecule has 0 amide bonds. The molecule has 0 aliphatic heterocycles. The maximum atomic E-state index is 12.3. The van der Waals surface area contributed by atoms with Gasteiger partial charge in [0.15, 0.2) is 5.03 Å². The molecule has 0 saturated heterocycles. The fraction of sp³-hybridized carbons (Fsp3) is 0.750. The Morgan fingerprint density at radius 3 is 2.63 bits per heavy atom. The van der Waals surface area contributed by atoms with Crippen LogP contribution >= 0.6 is 0 Å². The van der Waals surface area contributed by atoms with Gasteiger partial charge in [0, 0.05) is 17.6 Å². The first-order chi connectivity index (χ1) is 8.82. The minimum Gasteiger partial charge on any atom is -0.313 e. The van der Waals surface area contributed by atoms with Crippen molar-refractivity contribution in [3.8, 4) is 0 Å². The van der Waals surface area contributed by atoms with Gasteiger partial charge >= 0.3 is 0 Å². The molecule has 0 bridgehead atoms. The highest BCUT2D eigenvalue weighted by Gasteiger charge is 2.27. The fourth-order valence-corrected chi connectivity index (χ4v) is 3.16. The van der Waals surface area contributed by atoms with Gasteiger partial charge in [0.1, 0.15) is 0 Å². The molecule has 110 valence electrons. The summed E-state index contributed by atoms with van der Waals surface area (Å²) in [6.45, 7) is 9.06. The average Bonchev–Trinajstić information content (AvgIpc) is 2.77. The van der Waals surface area contributed by atoms with Crippen LogP contribution < -0.4 is 10.0 Å². The molecule has 1 heterocycles. The van der Waals surface area contributed by atoms with Crippen molar-refractivity contribution in [2.24, 2.45) is 0 Å². The maximum absolute atomic E-state index is 12.3. The number of hydrogen-bond acceptors (Lipinski definition) is 4. The zero-order valence-electron chi connectivity index (χ0n) is 12.1. The predicted molar refractivity (Wildman–Crippen MR) is 75.3 cm³/mol. The van der Waals surface area contributed by atoms with Crippen molar-refractivity contribution < 1.29 is 8.42 Å². The molecule has 3 N–H and O–H groups in total. The van der Waals surface area contributed by atoms with Crippen LogP contribution in [0.3, 0.4) is 0 Å². The number of hydrogen-bond donors (Lipinski definition) is 3.